The Bertz CT molecular complexity index is 414. The second kappa shape index (κ2) is 5.98. The maximum absolute atomic E-state index is 10.7. The first-order chi connectivity index (χ1) is 8.66. The molecule has 98 valence electrons. The van der Waals surface area contributed by atoms with E-state index in [9.17, 15) is 4.79 Å². The molecular weight excluding hydrogens is 228 g/mol. The van der Waals surface area contributed by atoms with E-state index >= 15 is 0 Å². The molecule has 1 aliphatic rings. The molecule has 0 amide bonds. The number of nitrogens with one attached hydrogen (secondary N) is 1. The number of benzene rings is 1. The summed E-state index contributed by atoms with van der Waals surface area (Å²) in [5, 5.41) is 12.1. The minimum atomic E-state index is -0.852. The SMILES string of the molecule is NC(CC(=O)O)c1cccc(C2CCNCC2)c1. The number of piperidine rings is 1. The van der Waals surface area contributed by atoms with Crippen molar-refractivity contribution in [2.45, 2.75) is 31.2 Å². The summed E-state index contributed by atoms with van der Waals surface area (Å²) in [6, 6.07) is 7.67. The molecule has 1 aromatic rings. The van der Waals surface area contributed by atoms with Crippen molar-refractivity contribution in [3.05, 3.63) is 35.4 Å². The van der Waals surface area contributed by atoms with Crippen LogP contribution in [0.2, 0.25) is 0 Å². The molecule has 4 nitrogen and oxygen atoms in total. The first kappa shape index (κ1) is 13.1. The zero-order valence-electron chi connectivity index (χ0n) is 10.4. The van der Waals surface area contributed by atoms with Crippen molar-refractivity contribution in [2.75, 3.05) is 13.1 Å². The van der Waals surface area contributed by atoms with Gasteiger partial charge in [-0.1, -0.05) is 24.3 Å². The van der Waals surface area contributed by atoms with Crippen LogP contribution in [-0.4, -0.2) is 24.2 Å². The Balaban J connectivity index is 2.11. The van der Waals surface area contributed by atoms with Gasteiger partial charge in [-0.15, -0.1) is 0 Å². The van der Waals surface area contributed by atoms with Crippen LogP contribution in [0.4, 0.5) is 0 Å². The highest BCUT2D eigenvalue weighted by atomic mass is 16.4. The van der Waals surface area contributed by atoms with Gasteiger partial charge in [0.1, 0.15) is 0 Å². The molecule has 0 aliphatic carbocycles. The number of carboxylic acid groups (broad SMARTS) is 1. The van der Waals surface area contributed by atoms with Crippen molar-refractivity contribution in [1.82, 2.24) is 5.32 Å². The molecule has 2 rings (SSSR count). The van der Waals surface area contributed by atoms with Gasteiger partial charge in [0.2, 0.25) is 0 Å². The fourth-order valence-corrected chi connectivity index (χ4v) is 2.50. The molecule has 1 fully saturated rings. The van der Waals surface area contributed by atoms with Gasteiger partial charge in [-0.2, -0.15) is 0 Å². The lowest BCUT2D eigenvalue weighted by molar-refractivity contribution is -0.137. The maximum atomic E-state index is 10.7. The van der Waals surface area contributed by atoms with Gasteiger partial charge in [-0.25, -0.2) is 0 Å². The van der Waals surface area contributed by atoms with E-state index in [0.29, 0.717) is 5.92 Å². The van der Waals surface area contributed by atoms with E-state index in [1.54, 1.807) is 0 Å². The highest BCUT2D eigenvalue weighted by Gasteiger charge is 2.17. The second-order valence-corrected chi connectivity index (χ2v) is 4.90. The number of nitrogens with two attached hydrogens (primary N) is 1. The van der Waals surface area contributed by atoms with E-state index in [1.807, 2.05) is 12.1 Å². The normalized spacial score (nSPS) is 18.5. The van der Waals surface area contributed by atoms with E-state index in [-0.39, 0.29) is 6.42 Å². The average Bonchev–Trinajstić information content (AvgIpc) is 2.39. The lowest BCUT2D eigenvalue weighted by Crippen LogP contribution is -2.26. The summed E-state index contributed by atoms with van der Waals surface area (Å²) in [5.41, 5.74) is 8.11. The summed E-state index contributed by atoms with van der Waals surface area (Å²) in [4.78, 5) is 10.7. The van der Waals surface area contributed by atoms with Crippen molar-refractivity contribution >= 4 is 5.97 Å². The van der Waals surface area contributed by atoms with Crippen LogP contribution in [0.1, 0.15) is 42.3 Å². The zero-order valence-corrected chi connectivity index (χ0v) is 10.4. The highest BCUT2D eigenvalue weighted by Crippen LogP contribution is 2.27. The van der Waals surface area contributed by atoms with Gasteiger partial charge in [0, 0.05) is 6.04 Å². The van der Waals surface area contributed by atoms with Gasteiger partial charge in [-0.3, -0.25) is 4.79 Å². The summed E-state index contributed by atoms with van der Waals surface area (Å²) < 4.78 is 0. The Kier molecular flexibility index (Phi) is 4.33. The van der Waals surface area contributed by atoms with Crippen molar-refractivity contribution in [3.63, 3.8) is 0 Å². The topological polar surface area (TPSA) is 75.4 Å². The van der Waals surface area contributed by atoms with Crippen molar-refractivity contribution in [2.24, 2.45) is 5.73 Å². The molecule has 1 aliphatic heterocycles. The Hall–Kier alpha value is -1.39. The summed E-state index contributed by atoms with van der Waals surface area (Å²) >= 11 is 0. The number of aliphatic carboxylic acids is 1. The molecule has 0 spiro atoms. The lowest BCUT2D eigenvalue weighted by Gasteiger charge is -2.24. The van der Waals surface area contributed by atoms with Crippen LogP contribution in [0.25, 0.3) is 0 Å². The molecule has 1 aromatic carbocycles. The molecule has 1 heterocycles. The van der Waals surface area contributed by atoms with Crippen LogP contribution in [0.3, 0.4) is 0 Å². The number of carbonyl (C=O) groups is 1. The van der Waals surface area contributed by atoms with E-state index in [2.05, 4.69) is 17.4 Å². The van der Waals surface area contributed by atoms with Gasteiger partial charge in [0.05, 0.1) is 6.42 Å². The van der Waals surface area contributed by atoms with Gasteiger partial charge in [0.15, 0.2) is 0 Å². The van der Waals surface area contributed by atoms with Gasteiger partial charge < -0.3 is 16.2 Å². The van der Waals surface area contributed by atoms with Crippen LogP contribution < -0.4 is 11.1 Å². The number of carboxylic acids is 1. The van der Waals surface area contributed by atoms with Crippen molar-refractivity contribution in [1.29, 1.82) is 0 Å². The van der Waals surface area contributed by atoms with E-state index < -0.39 is 12.0 Å². The lowest BCUT2D eigenvalue weighted by atomic mass is 9.88. The molecular formula is C14H20N2O2. The maximum Gasteiger partial charge on any atom is 0.305 e. The van der Waals surface area contributed by atoms with E-state index in [0.717, 1.165) is 31.5 Å². The standard InChI is InChI=1S/C14H20N2O2/c15-13(9-14(17)18)12-3-1-2-11(8-12)10-4-6-16-7-5-10/h1-3,8,10,13,16H,4-7,9,15H2,(H,17,18). The third-order valence-corrected chi connectivity index (χ3v) is 3.54. The number of rotatable bonds is 4. The highest BCUT2D eigenvalue weighted by molar-refractivity contribution is 5.67. The quantitative estimate of drug-likeness (QED) is 0.757. The fraction of sp³-hybridized carbons (Fsp3) is 0.500. The van der Waals surface area contributed by atoms with Gasteiger partial charge >= 0.3 is 5.97 Å². The molecule has 4 N–H and O–H groups in total. The van der Waals surface area contributed by atoms with E-state index in [4.69, 9.17) is 10.8 Å². The zero-order chi connectivity index (χ0) is 13.0. The molecule has 0 saturated carbocycles. The Morgan fingerprint density at radius 3 is 2.83 bits per heavy atom. The van der Waals surface area contributed by atoms with E-state index in [1.165, 1.54) is 5.56 Å². The van der Waals surface area contributed by atoms with Crippen LogP contribution in [0, 0.1) is 0 Å². The monoisotopic (exact) mass is 248 g/mol. The van der Waals surface area contributed by atoms with Crippen LogP contribution in [-0.2, 0) is 4.79 Å². The predicted octanol–water partition coefficient (Wildman–Crippen LogP) is 1.63. The third-order valence-electron chi connectivity index (χ3n) is 3.54. The van der Waals surface area contributed by atoms with Crippen LogP contribution in [0.15, 0.2) is 24.3 Å². The van der Waals surface area contributed by atoms with Gasteiger partial charge in [-0.05, 0) is 43.0 Å². The molecule has 4 heteroatoms. The molecule has 0 aromatic heterocycles. The molecule has 1 unspecified atom stereocenters. The molecule has 18 heavy (non-hydrogen) atoms. The fourth-order valence-electron chi connectivity index (χ4n) is 2.50. The summed E-state index contributed by atoms with van der Waals surface area (Å²) in [6.07, 6.45) is 2.25. The largest absolute Gasteiger partial charge is 0.481 e. The van der Waals surface area contributed by atoms with Crippen LogP contribution in [0.5, 0.6) is 0 Å². The first-order valence-electron chi connectivity index (χ1n) is 6.45. The van der Waals surface area contributed by atoms with Crippen molar-refractivity contribution in [3.8, 4) is 0 Å². The second-order valence-electron chi connectivity index (χ2n) is 4.90. The Morgan fingerprint density at radius 1 is 1.44 bits per heavy atom. The van der Waals surface area contributed by atoms with Crippen LogP contribution >= 0.6 is 0 Å². The minimum absolute atomic E-state index is 0.0182. The Morgan fingerprint density at radius 2 is 2.17 bits per heavy atom. The number of hydrogen-bond donors (Lipinski definition) is 3. The first-order valence-corrected chi connectivity index (χ1v) is 6.45. The summed E-state index contributed by atoms with van der Waals surface area (Å²) in [5.74, 6) is -0.280. The molecule has 1 saturated heterocycles. The molecule has 0 radical (unpaired) electrons. The average molecular weight is 248 g/mol. The number of hydrogen-bond acceptors (Lipinski definition) is 3. The smallest absolute Gasteiger partial charge is 0.305 e. The molecule has 0 bridgehead atoms. The molecule has 1 atom stereocenters. The van der Waals surface area contributed by atoms with Gasteiger partial charge in [0.25, 0.3) is 0 Å². The summed E-state index contributed by atoms with van der Waals surface area (Å²) in [6.45, 7) is 2.10. The minimum Gasteiger partial charge on any atom is -0.481 e. The Labute approximate surface area is 107 Å². The predicted molar refractivity (Wildman–Crippen MR) is 70.5 cm³/mol. The van der Waals surface area contributed by atoms with Crippen molar-refractivity contribution < 1.29 is 9.90 Å². The summed E-state index contributed by atoms with van der Waals surface area (Å²) in [7, 11) is 0. The third kappa shape index (κ3) is 3.31.